The molecule has 0 bridgehead atoms. The van der Waals surface area contributed by atoms with Crippen LogP contribution in [0.4, 0.5) is 0 Å². The van der Waals surface area contributed by atoms with Gasteiger partial charge in [-0.05, 0) is 31.1 Å². The Morgan fingerprint density at radius 3 is 1.91 bits per heavy atom. The molecule has 0 aromatic heterocycles. The lowest BCUT2D eigenvalue weighted by atomic mass is 9.68. The Morgan fingerprint density at radius 2 is 1.64 bits per heavy atom. The topological polar surface area (TPSA) is 0 Å². The zero-order valence-electron chi connectivity index (χ0n) is 7.64. The second-order valence-corrected chi connectivity index (χ2v) is 3.18. The van der Waals surface area contributed by atoms with E-state index >= 15 is 0 Å². The predicted octanol–water partition coefficient (Wildman–Crippen LogP) is 3.70. The molecule has 0 aromatic carbocycles. The van der Waals surface area contributed by atoms with E-state index in [1.807, 2.05) is 13.8 Å². The molecule has 0 N–H and O–H groups in total. The standard InChI is InChI=1S/C9H12.C2H6/c1-2-5-9(6-3-1)7-4-8-9;1-2/h1-2,4,7H,3,5-6,8H2;1-2H3. The Morgan fingerprint density at radius 1 is 1.00 bits per heavy atom. The zero-order valence-corrected chi connectivity index (χ0v) is 7.64. The quantitative estimate of drug-likeness (QED) is 0.462. The molecule has 2 aliphatic rings. The highest BCUT2D eigenvalue weighted by Crippen LogP contribution is 2.43. The first kappa shape index (κ1) is 8.58. The maximum Gasteiger partial charge on any atom is -0.00464 e. The van der Waals surface area contributed by atoms with E-state index in [2.05, 4.69) is 24.3 Å². The fourth-order valence-corrected chi connectivity index (χ4v) is 1.70. The van der Waals surface area contributed by atoms with Crippen molar-refractivity contribution in [2.75, 3.05) is 0 Å². The third-order valence-electron chi connectivity index (χ3n) is 2.50. The molecule has 0 aliphatic heterocycles. The number of hydrogen-bond acceptors (Lipinski definition) is 0. The van der Waals surface area contributed by atoms with Crippen LogP contribution in [-0.2, 0) is 0 Å². The number of allylic oxidation sites excluding steroid dienone is 4. The summed E-state index contributed by atoms with van der Waals surface area (Å²) in [7, 11) is 0. The Labute approximate surface area is 70.0 Å². The van der Waals surface area contributed by atoms with Gasteiger partial charge in [-0.1, -0.05) is 38.2 Å². The van der Waals surface area contributed by atoms with Crippen LogP contribution in [0.5, 0.6) is 0 Å². The largest absolute Gasteiger partial charge is 0.0885 e. The average molecular weight is 150 g/mol. The first-order valence-corrected chi connectivity index (χ1v) is 4.74. The van der Waals surface area contributed by atoms with Crippen LogP contribution in [0.3, 0.4) is 0 Å². The van der Waals surface area contributed by atoms with Gasteiger partial charge in [0.1, 0.15) is 0 Å². The minimum atomic E-state index is 0.634. The molecule has 1 atom stereocenters. The van der Waals surface area contributed by atoms with Crippen molar-refractivity contribution in [2.45, 2.75) is 39.5 Å². The summed E-state index contributed by atoms with van der Waals surface area (Å²) in [6.45, 7) is 4.00. The Hall–Kier alpha value is -0.520. The van der Waals surface area contributed by atoms with Crippen molar-refractivity contribution in [1.82, 2.24) is 0 Å². The van der Waals surface area contributed by atoms with Crippen LogP contribution in [0.2, 0.25) is 0 Å². The van der Waals surface area contributed by atoms with E-state index in [1.165, 1.54) is 25.7 Å². The average Bonchev–Trinajstić information content (AvgIpc) is 2.07. The summed E-state index contributed by atoms with van der Waals surface area (Å²) in [6, 6.07) is 0. The van der Waals surface area contributed by atoms with E-state index < -0.39 is 0 Å². The van der Waals surface area contributed by atoms with Crippen molar-refractivity contribution in [1.29, 1.82) is 0 Å². The third kappa shape index (κ3) is 1.74. The first-order chi connectivity index (χ1) is 5.41. The van der Waals surface area contributed by atoms with Crippen LogP contribution in [-0.4, -0.2) is 0 Å². The van der Waals surface area contributed by atoms with Gasteiger partial charge in [-0.25, -0.2) is 0 Å². The molecule has 0 saturated carbocycles. The van der Waals surface area contributed by atoms with E-state index in [-0.39, 0.29) is 0 Å². The Kier molecular flexibility index (Phi) is 2.92. The summed E-state index contributed by atoms with van der Waals surface area (Å²) in [5.74, 6) is 0. The van der Waals surface area contributed by atoms with E-state index in [9.17, 15) is 0 Å². The molecular weight excluding hydrogens is 132 g/mol. The van der Waals surface area contributed by atoms with Gasteiger partial charge in [0.2, 0.25) is 0 Å². The van der Waals surface area contributed by atoms with Crippen LogP contribution in [0.25, 0.3) is 0 Å². The van der Waals surface area contributed by atoms with Crippen molar-refractivity contribution < 1.29 is 0 Å². The molecule has 1 unspecified atom stereocenters. The second-order valence-electron chi connectivity index (χ2n) is 3.18. The summed E-state index contributed by atoms with van der Waals surface area (Å²) in [4.78, 5) is 0. The van der Waals surface area contributed by atoms with Gasteiger partial charge in [-0.15, -0.1) is 0 Å². The van der Waals surface area contributed by atoms with Crippen LogP contribution in [0.1, 0.15) is 39.5 Å². The van der Waals surface area contributed by atoms with Gasteiger partial charge in [-0.2, -0.15) is 0 Å². The van der Waals surface area contributed by atoms with Crippen LogP contribution in [0.15, 0.2) is 24.3 Å². The minimum absolute atomic E-state index is 0.634. The smallest absolute Gasteiger partial charge is 0.00464 e. The molecule has 0 radical (unpaired) electrons. The molecule has 1 spiro atoms. The highest BCUT2D eigenvalue weighted by Gasteiger charge is 2.30. The SMILES string of the molecule is C1=CCC2(C=CC2)CC1.CC. The molecule has 2 aliphatic carbocycles. The van der Waals surface area contributed by atoms with Gasteiger partial charge < -0.3 is 0 Å². The highest BCUT2D eigenvalue weighted by molar-refractivity contribution is 5.17. The zero-order chi connectivity index (χ0) is 8.16. The second kappa shape index (κ2) is 3.75. The number of rotatable bonds is 0. The summed E-state index contributed by atoms with van der Waals surface area (Å²) >= 11 is 0. The van der Waals surface area contributed by atoms with Crippen molar-refractivity contribution in [3.05, 3.63) is 24.3 Å². The summed E-state index contributed by atoms with van der Waals surface area (Å²) < 4.78 is 0. The molecule has 2 rings (SSSR count). The molecule has 0 saturated heterocycles. The van der Waals surface area contributed by atoms with Gasteiger partial charge in [0.25, 0.3) is 0 Å². The van der Waals surface area contributed by atoms with E-state index in [1.54, 1.807) is 0 Å². The summed E-state index contributed by atoms with van der Waals surface area (Å²) in [5.41, 5.74) is 0.634. The molecule has 0 fully saturated rings. The van der Waals surface area contributed by atoms with Crippen LogP contribution in [0, 0.1) is 5.41 Å². The lowest BCUT2D eigenvalue weighted by molar-refractivity contribution is 0.316. The fraction of sp³-hybridized carbons (Fsp3) is 0.636. The predicted molar refractivity (Wildman–Crippen MR) is 50.5 cm³/mol. The van der Waals surface area contributed by atoms with Crippen molar-refractivity contribution in [3.8, 4) is 0 Å². The maximum absolute atomic E-state index is 2.39. The molecule has 62 valence electrons. The van der Waals surface area contributed by atoms with Crippen molar-refractivity contribution >= 4 is 0 Å². The highest BCUT2D eigenvalue weighted by atomic mass is 14.3. The monoisotopic (exact) mass is 150 g/mol. The molecule has 0 aromatic rings. The van der Waals surface area contributed by atoms with E-state index in [0.717, 1.165) is 0 Å². The Bertz CT molecular complexity index is 165. The molecule has 0 amide bonds. The maximum atomic E-state index is 2.39. The van der Waals surface area contributed by atoms with Gasteiger partial charge in [0, 0.05) is 0 Å². The lowest BCUT2D eigenvalue weighted by Gasteiger charge is -2.36. The summed E-state index contributed by atoms with van der Waals surface area (Å²) in [5, 5.41) is 0. The first-order valence-electron chi connectivity index (χ1n) is 4.74. The molecular formula is C11H18. The molecule has 0 nitrogen and oxygen atoms in total. The number of hydrogen-bond donors (Lipinski definition) is 0. The van der Waals surface area contributed by atoms with E-state index in [0.29, 0.717) is 5.41 Å². The Balaban J connectivity index is 0.000000281. The molecule has 0 heterocycles. The van der Waals surface area contributed by atoms with Gasteiger partial charge in [0.05, 0.1) is 0 Å². The van der Waals surface area contributed by atoms with Gasteiger partial charge >= 0.3 is 0 Å². The van der Waals surface area contributed by atoms with Gasteiger partial charge in [0.15, 0.2) is 0 Å². The van der Waals surface area contributed by atoms with E-state index in [4.69, 9.17) is 0 Å². The minimum Gasteiger partial charge on any atom is -0.0885 e. The van der Waals surface area contributed by atoms with Crippen molar-refractivity contribution in [3.63, 3.8) is 0 Å². The molecule has 11 heavy (non-hydrogen) atoms. The lowest BCUT2D eigenvalue weighted by Crippen LogP contribution is -2.23. The van der Waals surface area contributed by atoms with Crippen LogP contribution >= 0.6 is 0 Å². The van der Waals surface area contributed by atoms with Crippen molar-refractivity contribution in [2.24, 2.45) is 5.41 Å². The normalized spacial score (nSPS) is 32.5. The third-order valence-corrected chi connectivity index (χ3v) is 2.50. The fourth-order valence-electron chi connectivity index (χ4n) is 1.70. The summed E-state index contributed by atoms with van der Waals surface area (Å²) in [6.07, 6.45) is 14.6. The van der Waals surface area contributed by atoms with Crippen LogP contribution < -0.4 is 0 Å². The van der Waals surface area contributed by atoms with Gasteiger partial charge in [-0.3, -0.25) is 0 Å². The molecule has 0 heteroatoms.